The third kappa shape index (κ3) is 3.00. The standard InChI is InChI=1S/C18H15N5O3/c1-10-20-17(26-23-10)12-7-5-11(6-8-12)9-19-16(24)13-3-2-4-14-15(13)22-18(25)21-14/h2-8H,9H2,1H3,(H,19,24)(H2,21,22,25). The zero-order valence-electron chi connectivity index (χ0n) is 13.9. The van der Waals surface area contributed by atoms with E-state index in [2.05, 4.69) is 25.4 Å². The minimum absolute atomic E-state index is 0.262. The van der Waals surface area contributed by atoms with Crippen LogP contribution in [0.15, 0.2) is 51.8 Å². The zero-order chi connectivity index (χ0) is 18.1. The van der Waals surface area contributed by atoms with Gasteiger partial charge in [-0.1, -0.05) is 23.4 Å². The van der Waals surface area contributed by atoms with Crippen molar-refractivity contribution in [1.82, 2.24) is 25.4 Å². The molecule has 26 heavy (non-hydrogen) atoms. The number of nitrogens with one attached hydrogen (secondary N) is 3. The number of benzene rings is 2. The van der Waals surface area contributed by atoms with Crippen molar-refractivity contribution in [1.29, 1.82) is 0 Å². The summed E-state index contributed by atoms with van der Waals surface area (Å²) in [6.45, 7) is 2.11. The van der Waals surface area contributed by atoms with Crippen molar-refractivity contribution >= 4 is 16.9 Å². The molecule has 0 fully saturated rings. The number of aromatic amines is 2. The fraction of sp³-hybridized carbons (Fsp3) is 0.111. The van der Waals surface area contributed by atoms with Gasteiger partial charge in [0, 0.05) is 12.1 Å². The van der Waals surface area contributed by atoms with E-state index in [9.17, 15) is 9.59 Å². The summed E-state index contributed by atoms with van der Waals surface area (Å²) in [5, 5.41) is 6.62. The number of para-hydroxylation sites is 1. The molecule has 0 aliphatic heterocycles. The van der Waals surface area contributed by atoms with Crippen LogP contribution < -0.4 is 11.0 Å². The topological polar surface area (TPSA) is 117 Å². The van der Waals surface area contributed by atoms with Crippen LogP contribution in [0.2, 0.25) is 0 Å². The molecule has 0 aliphatic rings. The Hall–Kier alpha value is -3.68. The number of fused-ring (bicyclic) bond motifs is 1. The molecule has 8 heteroatoms. The van der Waals surface area contributed by atoms with Gasteiger partial charge in [0.15, 0.2) is 5.82 Å². The SMILES string of the molecule is Cc1noc(-c2ccc(CNC(=O)c3cccc4[nH]c(=O)[nH]c34)cc2)n1. The molecule has 0 unspecified atom stereocenters. The molecule has 3 N–H and O–H groups in total. The van der Waals surface area contributed by atoms with Gasteiger partial charge in [-0.15, -0.1) is 0 Å². The van der Waals surface area contributed by atoms with E-state index in [0.29, 0.717) is 34.9 Å². The first-order valence-electron chi connectivity index (χ1n) is 7.99. The summed E-state index contributed by atoms with van der Waals surface area (Å²) in [5.74, 6) is 0.775. The second-order valence-corrected chi connectivity index (χ2v) is 5.83. The molecule has 2 aromatic carbocycles. The Morgan fingerprint density at radius 3 is 2.69 bits per heavy atom. The fourth-order valence-corrected chi connectivity index (χ4v) is 2.70. The summed E-state index contributed by atoms with van der Waals surface area (Å²) >= 11 is 0. The Labute approximate surface area is 147 Å². The third-order valence-electron chi connectivity index (χ3n) is 3.98. The van der Waals surface area contributed by atoms with Gasteiger partial charge in [0.25, 0.3) is 11.8 Å². The van der Waals surface area contributed by atoms with Crippen molar-refractivity contribution in [3.63, 3.8) is 0 Å². The smallest absolute Gasteiger partial charge is 0.323 e. The highest BCUT2D eigenvalue weighted by atomic mass is 16.5. The number of H-pyrrole nitrogens is 2. The summed E-state index contributed by atoms with van der Waals surface area (Å²) < 4.78 is 5.13. The Morgan fingerprint density at radius 2 is 1.96 bits per heavy atom. The lowest BCUT2D eigenvalue weighted by molar-refractivity contribution is 0.0952. The van der Waals surface area contributed by atoms with E-state index in [4.69, 9.17) is 4.52 Å². The van der Waals surface area contributed by atoms with Gasteiger partial charge < -0.3 is 19.8 Å². The number of aryl methyl sites for hydroxylation is 1. The molecule has 0 spiro atoms. The summed E-state index contributed by atoms with van der Waals surface area (Å²) in [6.07, 6.45) is 0. The molecule has 1 amide bonds. The molecule has 0 saturated carbocycles. The molecule has 0 saturated heterocycles. The Balaban J connectivity index is 1.48. The predicted molar refractivity (Wildman–Crippen MR) is 94.6 cm³/mol. The minimum Gasteiger partial charge on any atom is -0.348 e. The summed E-state index contributed by atoms with van der Waals surface area (Å²) in [5.41, 5.74) is 2.91. The fourth-order valence-electron chi connectivity index (χ4n) is 2.70. The van der Waals surface area contributed by atoms with Crippen LogP contribution in [0, 0.1) is 6.92 Å². The van der Waals surface area contributed by atoms with Crippen LogP contribution in [0.3, 0.4) is 0 Å². The lowest BCUT2D eigenvalue weighted by Gasteiger charge is -2.06. The number of hydrogen-bond donors (Lipinski definition) is 3. The van der Waals surface area contributed by atoms with Crippen LogP contribution in [0.4, 0.5) is 0 Å². The number of imidazole rings is 1. The summed E-state index contributed by atoms with van der Waals surface area (Å²) in [6, 6.07) is 12.6. The van der Waals surface area contributed by atoms with Gasteiger partial charge in [-0.3, -0.25) is 4.79 Å². The van der Waals surface area contributed by atoms with Crippen molar-refractivity contribution in [3.05, 3.63) is 69.9 Å². The molecule has 8 nitrogen and oxygen atoms in total. The number of amides is 1. The maximum atomic E-state index is 12.5. The lowest BCUT2D eigenvalue weighted by Crippen LogP contribution is -2.23. The number of hydrogen-bond acceptors (Lipinski definition) is 5. The predicted octanol–water partition coefficient (Wildman–Crippen LogP) is 2.14. The lowest BCUT2D eigenvalue weighted by atomic mass is 10.1. The highest BCUT2D eigenvalue weighted by molar-refractivity contribution is 6.04. The van der Waals surface area contributed by atoms with Crippen LogP contribution in [0.1, 0.15) is 21.7 Å². The summed E-state index contributed by atoms with van der Waals surface area (Å²) in [4.78, 5) is 33.3. The molecule has 4 aromatic rings. The van der Waals surface area contributed by atoms with Gasteiger partial charge in [-0.2, -0.15) is 4.98 Å². The Bertz CT molecular complexity index is 1140. The molecular formula is C18H15N5O3. The summed E-state index contributed by atoms with van der Waals surface area (Å²) in [7, 11) is 0. The molecule has 130 valence electrons. The second-order valence-electron chi connectivity index (χ2n) is 5.83. The zero-order valence-corrected chi connectivity index (χ0v) is 13.9. The van der Waals surface area contributed by atoms with Gasteiger partial charge in [0.2, 0.25) is 0 Å². The second kappa shape index (κ2) is 6.32. The number of nitrogens with zero attached hydrogens (tertiary/aromatic N) is 2. The molecule has 0 atom stereocenters. The van der Waals surface area contributed by atoms with Crippen LogP contribution in [-0.4, -0.2) is 26.0 Å². The molecular weight excluding hydrogens is 334 g/mol. The molecule has 2 aromatic heterocycles. The quantitative estimate of drug-likeness (QED) is 0.522. The molecule has 0 radical (unpaired) electrons. The molecule has 4 rings (SSSR count). The maximum absolute atomic E-state index is 12.5. The van der Waals surface area contributed by atoms with Crippen LogP contribution in [0.25, 0.3) is 22.5 Å². The van der Waals surface area contributed by atoms with Crippen molar-refractivity contribution in [2.24, 2.45) is 0 Å². The van der Waals surface area contributed by atoms with Crippen molar-refractivity contribution in [3.8, 4) is 11.5 Å². The van der Waals surface area contributed by atoms with Gasteiger partial charge in [-0.25, -0.2) is 4.79 Å². The first-order valence-corrected chi connectivity index (χ1v) is 7.99. The highest BCUT2D eigenvalue weighted by Crippen LogP contribution is 2.18. The maximum Gasteiger partial charge on any atom is 0.323 e. The van der Waals surface area contributed by atoms with E-state index in [1.54, 1.807) is 25.1 Å². The molecule has 0 aliphatic carbocycles. The molecule has 2 heterocycles. The van der Waals surface area contributed by atoms with Gasteiger partial charge in [0.05, 0.1) is 16.6 Å². The minimum atomic E-state index is -0.341. The van der Waals surface area contributed by atoms with Crippen LogP contribution in [0.5, 0.6) is 0 Å². The third-order valence-corrected chi connectivity index (χ3v) is 3.98. The first-order chi connectivity index (χ1) is 12.6. The largest absolute Gasteiger partial charge is 0.348 e. The molecule has 0 bridgehead atoms. The van der Waals surface area contributed by atoms with Gasteiger partial charge in [-0.05, 0) is 36.8 Å². The average Bonchev–Trinajstić information content (AvgIpc) is 3.24. The van der Waals surface area contributed by atoms with Crippen molar-refractivity contribution < 1.29 is 9.32 Å². The van der Waals surface area contributed by atoms with E-state index in [1.807, 2.05) is 24.3 Å². The number of carbonyl (C=O) groups excluding carboxylic acids is 1. The van der Waals surface area contributed by atoms with Crippen LogP contribution >= 0.6 is 0 Å². The van der Waals surface area contributed by atoms with E-state index in [1.165, 1.54) is 0 Å². The van der Waals surface area contributed by atoms with E-state index >= 15 is 0 Å². The number of rotatable bonds is 4. The normalized spacial score (nSPS) is 11.0. The average molecular weight is 349 g/mol. The number of carbonyl (C=O) groups is 1. The first kappa shape index (κ1) is 15.8. The van der Waals surface area contributed by atoms with E-state index in [0.717, 1.165) is 11.1 Å². The number of aromatic nitrogens is 4. The monoisotopic (exact) mass is 349 g/mol. The van der Waals surface area contributed by atoms with Crippen molar-refractivity contribution in [2.75, 3.05) is 0 Å². The van der Waals surface area contributed by atoms with Gasteiger partial charge in [0.1, 0.15) is 0 Å². The Kier molecular flexibility index (Phi) is 3.85. The van der Waals surface area contributed by atoms with Crippen molar-refractivity contribution in [2.45, 2.75) is 13.5 Å². The van der Waals surface area contributed by atoms with E-state index in [-0.39, 0.29) is 11.6 Å². The highest BCUT2D eigenvalue weighted by Gasteiger charge is 2.12. The Morgan fingerprint density at radius 1 is 1.15 bits per heavy atom. The van der Waals surface area contributed by atoms with Crippen LogP contribution in [-0.2, 0) is 6.54 Å². The van der Waals surface area contributed by atoms with E-state index < -0.39 is 0 Å². The van der Waals surface area contributed by atoms with Gasteiger partial charge >= 0.3 is 5.69 Å².